The lowest BCUT2D eigenvalue weighted by Gasteiger charge is -2.41. The fourth-order valence-electron chi connectivity index (χ4n) is 2.78. The van der Waals surface area contributed by atoms with Crippen LogP contribution in [0.25, 0.3) is 0 Å². The average Bonchev–Trinajstić information content (AvgIpc) is 2.19. The molecule has 0 amide bonds. The van der Waals surface area contributed by atoms with Gasteiger partial charge in [-0.25, -0.2) is 0 Å². The summed E-state index contributed by atoms with van der Waals surface area (Å²) in [5, 5.41) is 3.40. The molecule has 2 nitrogen and oxygen atoms in total. The normalized spacial score (nSPS) is 21.2. The van der Waals surface area contributed by atoms with Crippen LogP contribution in [0, 0.1) is 5.41 Å². The van der Waals surface area contributed by atoms with Gasteiger partial charge in [0.2, 0.25) is 0 Å². The molecule has 0 saturated heterocycles. The van der Waals surface area contributed by atoms with Crippen LogP contribution in [0.4, 0.5) is 0 Å². The first-order valence-electron chi connectivity index (χ1n) is 6.44. The van der Waals surface area contributed by atoms with Crippen molar-refractivity contribution in [2.75, 3.05) is 27.2 Å². The van der Waals surface area contributed by atoms with Gasteiger partial charge in [-0.3, -0.25) is 0 Å². The molecule has 0 radical (unpaired) electrons. The van der Waals surface area contributed by atoms with Crippen LogP contribution in [0.5, 0.6) is 0 Å². The Morgan fingerprint density at radius 3 is 2.27 bits per heavy atom. The second-order valence-electron chi connectivity index (χ2n) is 5.60. The van der Waals surface area contributed by atoms with Crippen LogP contribution in [0.1, 0.15) is 46.0 Å². The molecule has 1 aliphatic carbocycles. The molecule has 1 fully saturated rings. The van der Waals surface area contributed by atoms with Gasteiger partial charge in [-0.15, -0.1) is 0 Å². The molecule has 2 heteroatoms. The molecule has 0 aliphatic heterocycles. The lowest BCUT2D eigenvalue weighted by Crippen LogP contribution is -2.45. The fraction of sp³-hybridized carbons (Fsp3) is 1.00. The minimum Gasteiger partial charge on any atom is -0.319 e. The topological polar surface area (TPSA) is 15.3 Å². The van der Waals surface area contributed by atoms with Crippen molar-refractivity contribution in [2.45, 2.75) is 52.0 Å². The highest BCUT2D eigenvalue weighted by molar-refractivity contribution is 4.87. The first-order chi connectivity index (χ1) is 7.09. The van der Waals surface area contributed by atoms with Crippen molar-refractivity contribution >= 4 is 0 Å². The third kappa shape index (κ3) is 3.76. The molecule has 1 N–H and O–H groups in total. The first kappa shape index (κ1) is 13.0. The zero-order chi connectivity index (χ0) is 11.3. The van der Waals surface area contributed by atoms with E-state index in [-0.39, 0.29) is 0 Å². The predicted molar refractivity (Wildman–Crippen MR) is 67.2 cm³/mol. The van der Waals surface area contributed by atoms with E-state index in [4.69, 9.17) is 0 Å². The van der Waals surface area contributed by atoms with Crippen LogP contribution < -0.4 is 5.32 Å². The van der Waals surface area contributed by atoms with E-state index >= 15 is 0 Å². The van der Waals surface area contributed by atoms with Gasteiger partial charge in [0.15, 0.2) is 0 Å². The van der Waals surface area contributed by atoms with Crippen LogP contribution in [0.2, 0.25) is 0 Å². The zero-order valence-corrected chi connectivity index (χ0v) is 11.0. The van der Waals surface area contributed by atoms with Gasteiger partial charge in [0.05, 0.1) is 0 Å². The fourth-order valence-corrected chi connectivity index (χ4v) is 2.78. The summed E-state index contributed by atoms with van der Waals surface area (Å²) in [5.41, 5.74) is 0.548. The highest BCUT2D eigenvalue weighted by Gasteiger charge is 2.32. The van der Waals surface area contributed by atoms with E-state index < -0.39 is 0 Å². The Balaban J connectivity index is 2.55. The highest BCUT2D eigenvalue weighted by atomic mass is 15.1. The zero-order valence-electron chi connectivity index (χ0n) is 11.0. The van der Waals surface area contributed by atoms with Crippen LogP contribution in [-0.4, -0.2) is 38.1 Å². The molecule has 0 heterocycles. The molecule has 0 aromatic carbocycles. The molecular formula is C13H28N2. The molecule has 0 unspecified atom stereocenters. The van der Waals surface area contributed by atoms with Crippen molar-refractivity contribution in [2.24, 2.45) is 5.41 Å². The van der Waals surface area contributed by atoms with E-state index in [0.717, 1.165) is 0 Å². The quantitative estimate of drug-likeness (QED) is 0.753. The Kier molecular flexibility index (Phi) is 5.07. The SMILES string of the molecule is CNCC1(CN(C)C(C)C)CCCCC1. The number of nitrogens with one attached hydrogen (secondary N) is 1. The lowest BCUT2D eigenvalue weighted by atomic mass is 9.73. The van der Waals surface area contributed by atoms with E-state index in [2.05, 4.69) is 38.2 Å². The Morgan fingerprint density at radius 2 is 1.80 bits per heavy atom. The van der Waals surface area contributed by atoms with Crippen LogP contribution >= 0.6 is 0 Å². The van der Waals surface area contributed by atoms with Crippen molar-refractivity contribution in [1.29, 1.82) is 0 Å². The molecule has 15 heavy (non-hydrogen) atoms. The molecule has 1 aliphatic rings. The van der Waals surface area contributed by atoms with Crippen LogP contribution in [0.3, 0.4) is 0 Å². The monoisotopic (exact) mass is 212 g/mol. The standard InChI is InChI=1S/C13H28N2/c1-12(2)15(4)11-13(10-14-3)8-6-5-7-9-13/h12,14H,5-11H2,1-4H3. The van der Waals surface area contributed by atoms with E-state index in [9.17, 15) is 0 Å². The molecule has 0 spiro atoms. The minimum absolute atomic E-state index is 0.548. The van der Waals surface area contributed by atoms with Gasteiger partial charge in [-0.05, 0) is 46.2 Å². The van der Waals surface area contributed by atoms with Gasteiger partial charge in [0.25, 0.3) is 0 Å². The minimum atomic E-state index is 0.548. The highest BCUT2D eigenvalue weighted by Crippen LogP contribution is 2.36. The van der Waals surface area contributed by atoms with Gasteiger partial charge < -0.3 is 10.2 Å². The average molecular weight is 212 g/mol. The molecule has 0 aromatic heterocycles. The largest absolute Gasteiger partial charge is 0.319 e. The summed E-state index contributed by atoms with van der Waals surface area (Å²) in [6.07, 6.45) is 7.11. The van der Waals surface area contributed by atoms with Crippen molar-refractivity contribution < 1.29 is 0 Å². The molecule has 1 saturated carbocycles. The summed E-state index contributed by atoms with van der Waals surface area (Å²) < 4.78 is 0. The molecule has 0 bridgehead atoms. The van der Waals surface area contributed by atoms with Crippen molar-refractivity contribution in [3.63, 3.8) is 0 Å². The number of hydrogen-bond donors (Lipinski definition) is 1. The van der Waals surface area contributed by atoms with E-state index in [0.29, 0.717) is 11.5 Å². The van der Waals surface area contributed by atoms with Gasteiger partial charge in [0.1, 0.15) is 0 Å². The molecule has 90 valence electrons. The van der Waals surface area contributed by atoms with Crippen molar-refractivity contribution in [1.82, 2.24) is 10.2 Å². The summed E-state index contributed by atoms with van der Waals surface area (Å²) >= 11 is 0. The van der Waals surface area contributed by atoms with Crippen LogP contribution in [0.15, 0.2) is 0 Å². The molecule has 0 atom stereocenters. The Morgan fingerprint density at radius 1 is 1.20 bits per heavy atom. The van der Waals surface area contributed by atoms with Gasteiger partial charge >= 0.3 is 0 Å². The van der Waals surface area contributed by atoms with Gasteiger partial charge in [-0.1, -0.05) is 19.3 Å². The van der Waals surface area contributed by atoms with Gasteiger partial charge in [-0.2, -0.15) is 0 Å². The maximum Gasteiger partial charge on any atom is 0.00498 e. The molecule has 1 rings (SSSR count). The summed E-state index contributed by atoms with van der Waals surface area (Å²) in [7, 11) is 4.35. The van der Waals surface area contributed by atoms with E-state index in [1.807, 2.05) is 0 Å². The third-order valence-electron chi connectivity index (χ3n) is 3.93. The van der Waals surface area contributed by atoms with Crippen molar-refractivity contribution in [3.05, 3.63) is 0 Å². The van der Waals surface area contributed by atoms with Crippen LogP contribution in [-0.2, 0) is 0 Å². The second kappa shape index (κ2) is 5.86. The predicted octanol–water partition coefficient (Wildman–Crippen LogP) is 2.50. The number of rotatable bonds is 5. The van der Waals surface area contributed by atoms with Crippen molar-refractivity contribution in [3.8, 4) is 0 Å². The van der Waals surface area contributed by atoms with E-state index in [1.54, 1.807) is 0 Å². The Labute approximate surface area is 95.4 Å². The van der Waals surface area contributed by atoms with E-state index in [1.165, 1.54) is 45.2 Å². The first-order valence-corrected chi connectivity index (χ1v) is 6.44. The summed E-state index contributed by atoms with van der Waals surface area (Å²) in [6.45, 7) is 7.02. The summed E-state index contributed by atoms with van der Waals surface area (Å²) in [5.74, 6) is 0. The van der Waals surface area contributed by atoms with Gasteiger partial charge in [0, 0.05) is 19.1 Å². The number of hydrogen-bond acceptors (Lipinski definition) is 2. The second-order valence-corrected chi connectivity index (χ2v) is 5.60. The summed E-state index contributed by atoms with van der Waals surface area (Å²) in [6, 6.07) is 0.667. The smallest absolute Gasteiger partial charge is 0.00498 e. The molecule has 0 aromatic rings. The maximum atomic E-state index is 3.40. The Bertz CT molecular complexity index is 166. The number of nitrogens with zero attached hydrogens (tertiary/aromatic N) is 1. The Hall–Kier alpha value is -0.0800. The third-order valence-corrected chi connectivity index (χ3v) is 3.93. The maximum absolute atomic E-state index is 3.40. The molecular weight excluding hydrogens is 184 g/mol. The lowest BCUT2D eigenvalue weighted by molar-refractivity contribution is 0.103. The summed E-state index contributed by atoms with van der Waals surface area (Å²) in [4.78, 5) is 2.50.